The second kappa shape index (κ2) is 4.62. The van der Waals surface area contributed by atoms with E-state index in [0.29, 0.717) is 5.69 Å². The van der Waals surface area contributed by atoms with Crippen molar-refractivity contribution in [2.45, 2.75) is 26.7 Å². The van der Waals surface area contributed by atoms with E-state index in [1.807, 2.05) is 7.05 Å². The van der Waals surface area contributed by atoms with Gasteiger partial charge in [-0.3, -0.25) is 4.98 Å². The van der Waals surface area contributed by atoms with Crippen LogP contribution in [0.15, 0.2) is 18.3 Å². The molecule has 1 heterocycles. The van der Waals surface area contributed by atoms with Crippen LogP contribution in [0.2, 0.25) is 0 Å². The standard InChI is InChI=1S/C14H19N3/c1-4-9-6-7-10(5-2)13-12(9)14(16-3)11(15)8-17-13/h6-8H,4-5,15H2,1-3H3,(H,16,17). The van der Waals surface area contributed by atoms with Crippen LogP contribution in [0.1, 0.15) is 25.0 Å². The Hall–Kier alpha value is -1.77. The zero-order chi connectivity index (χ0) is 12.4. The van der Waals surface area contributed by atoms with Gasteiger partial charge in [-0.15, -0.1) is 0 Å². The maximum atomic E-state index is 5.99. The molecule has 17 heavy (non-hydrogen) atoms. The zero-order valence-corrected chi connectivity index (χ0v) is 10.7. The Morgan fingerprint density at radius 2 is 1.82 bits per heavy atom. The second-order valence-corrected chi connectivity index (χ2v) is 4.15. The summed E-state index contributed by atoms with van der Waals surface area (Å²) < 4.78 is 0. The Morgan fingerprint density at radius 1 is 1.18 bits per heavy atom. The minimum Gasteiger partial charge on any atom is -0.396 e. The minimum atomic E-state index is 0.711. The van der Waals surface area contributed by atoms with Gasteiger partial charge in [-0.1, -0.05) is 26.0 Å². The van der Waals surface area contributed by atoms with Gasteiger partial charge in [0.05, 0.1) is 23.1 Å². The lowest BCUT2D eigenvalue weighted by molar-refractivity contribution is 1.12. The minimum absolute atomic E-state index is 0.711. The first kappa shape index (κ1) is 11.7. The summed E-state index contributed by atoms with van der Waals surface area (Å²) >= 11 is 0. The van der Waals surface area contributed by atoms with Crippen LogP contribution in [0.5, 0.6) is 0 Å². The van der Waals surface area contributed by atoms with Crippen LogP contribution < -0.4 is 11.1 Å². The first-order valence-corrected chi connectivity index (χ1v) is 6.09. The Morgan fingerprint density at radius 3 is 2.41 bits per heavy atom. The van der Waals surface area contributed by atoms with Crippen LogP contribution in [-0.4, -0.2) is 12.0 Å². The predicted molar refractivity (Wildman–Crippen MR) is 74.5 cm³/mol. The van der Waals surface area contributed by atoms with E-state index in [1.165, 1.54) is 16.5 Å². The number of pyridine rings is 1. The van der Waals surface area contributed by atoms with Gasteiger partial charge in [0.1, 0.15) is 0 Å². The summed E-state index contributed by atoms with van der Waals surface area (Å²) in [6.45, 7) is 4.31. The summed E-state index contributed by atoms with van der Waals surface area (Å²) in [5.74, 6) is 0. The highest BCUT2D eigenvalue weighted by atomic mass is 14.9. The molecule has 1 aromatic heterocycles. The van der Waals surface area contributed by atoms with Crippen LogP contribution in [0.3, 0.4) is 0 Å². The number of nitrogen functional groups attached to an aromatic ring is 1. The van der Waals surface area contributed by atoms with Crippen molar-refractivity contribution in [3.63, 3.8) is 0 Å². The molecule has 0 saturated carbocycles. The number of aryl methyl sites for hydroxylation is 2. The summed E-state index contributed by atoms with van der Waals surface area (Å²) in [4.78, 5) is 4.50. The van der Waals surface area contributed by atoms with Crippen LogP contribution in [0, 0.1) is 0 Å². The molecule has 0 aliphatic carbocycles. The fourth-order valence-electron chi connectivity index (χ4n) is 2.29. The van der Waals surface area contributed by atoms with Crippen LogP contribution in [-0.2, 0) is 12.8 Å². The average molecular weight is 229 g/mol. The van der Waals surface area contributed by atoms with Crippen molar-refractivity contribution in [3.8, 4) is 0 Å². The SMILES string of the molecule is CCc1ccc(CC)c2c(NC)c(N)cnc12. The third-order valence-electron chi connectivity index (χ3n) is 3.23. The van der Waals surface area contributed by atoms with Crippen LogP contribution >= 0.6 is 0 Å². The smallest absolute Gasteiger partial charge is 0.0759 e. The molecule has 2 aromatic rings. The highest BCUT2D eigenvalue weighted by Gasteiger charge is 2.11. The molecule has 0 saturated heterocycles. The summed E-state index contributed by atoms with van der Waals surface area (Å²) in [5.41, 5.74) is 11.3. The molecule has 0 amide bonds. The highest BCUT2D eigenvalue weighted by Crippen LogP contribution is 2.32. The normalized spacial score (nSPS) is 10.8. The van der Waals surface area contributed by atoms with Crippen molar-refractivity contribution in [1.29, 1.82) is 0 Å². The van der Waals surface area contributed by atoms with Gasteiger partial charge in [0.2, 0.25) is 0 Å². The van der Waals surface area contributed by atoms with Crippen molar-refractivity contribution in [2.24, 2.45) is 0 Å². The summed E-state index contributed by atoms with van der Waals surface area (Å²) in [6.07, 6.45) is 3.72. The molecule has 3 N–H and O–H groups in total. The van der Waals surface area contributed by atoms with E-state index in [2.05, 4.69) is 36.3 Å². The predicted octanol–water partition coefficient (Wildman–Crippen LogP) is 2.98. The van der Waals surface area contributed by atoms with E-state index in [9.17, 15) is 0 Å². The van der Waals surface area contributed by atoms with Crippen molar-refractivity contribution in [3.05, 3.63) is 29.5 Å². The van der Waals surface area contributed by atoms with Gasteiger partial charge < -0.3 is 11.1 Å². The van der Waals surface area contributed by atoms with E-state index in [-0.39, 0.29) is 0 Å². The fourth-order valence-corrected chi connectivity index (χ4v) is 2.29. The topological polar surface area (TPSA) is 50.9 Å². The first-order chi connectivity index (χ1) is 8.22. The second-order valence-electron chi connectivity index (χ2n) is 4.15. The van der Waals surface area contributed by atoms with E-state index in [4.69, 9.17) is 5.73 Å². The lowest BCUT2D eigenvalue weighted by Crippen LogP contribution is -2.01. The van der Waals surface area contributed by atoms with E-state index in [1.54, 1.807) is 6.20 Å². The molecule has 0 unspecified atom stereocenters. The molecule has 2 rings (SSSR count). The molecule has 90 valence electrons. The Kier molecular flexibility index (Phi) is 3.18. The number of anilines is 2. The van der Waals surface area contributed by atoms with Gasteiger partial charge in [-0.05, 0) is 24.0 Å². The Balaban J connectivity index is 2.90. The number of nitrogens with one attached hydrogen (secondary N) is 1. The Bertz CT molecular complexity index is 547. The zero-order valence-electron chi connectivity index (χ0n) is 10.7. The lowest BCUT2D eigenvalue weighted by atomic mass is 9.99. The number of nitrogens with two attached hydrogens (primary N) is 1. The quantitative estimate of drug-likeness (QED) is 0.850. The molecular weight excluding hydrogens is 210 g/mol. The molecule has 0 aliphatic heterocycles. The summed E-state index contributed by atoms with van der Waals surface area (Å²) in [5, 5.41) is 4.37. The number of aromatic nitrogens is 1. The number of hydrogen-bond donors (Lipinski definition) is 2. The number of hydrogen-bond acceptors (Lipinski definition) is 3. The molecule has 0 spiro atoms. The van der Waals surface area contributed by atoms with Gasteiger partial charge in [0.25, 0.3) is 0 Å². The third-order valence-corrected chi connectivity index (χ3v) is 3.23. The van der Waals surface area contributed by atoms with E-state index in [0.717, 1.165) is 24.0 Å². The molecule has 0 radical (unpaired) electrons. The van der Waals surface area contributed by atoms with Gasteiger partial charge in [0.15, 0.2) is 0 Å². The fraction of sp³-hybridized carbons (Fsp3) is 0.357. The molecule has 1 aromatic carbocycles. The largest absolute Gasteiger partial charge is 0.396 e. The number of rotatable bonds is 3. The molecular formula is C14H19N3. The third kappa shape index (κ3) is 1.82. The van der Waals surface area contributed by atoms with Crippen LogP contribution in [0.4, 0.5) is 11.4 Å². The molecule has 0 aliphatic rings. The van der Waals surface area contributed by atoms with Gasteiger partial charge >= 0.3 is 0 Å². The van der Waals surface area contributed by atoms with E-state index >= 15 is 0 Å². The molecule has 3 heteroatoms. The van der Waals surface area contributed by atoms with Gasteiger partial charge in [0, 0.05) is 12.4 Å². The van der Waals surface area contributed by atoms with Gasteiger partial charge in [-0.2, -0.15) is 0 Å². The Labute approximate surface area is 102 Å². The van der Waals surface area contributed by atoms with Crippen molar-refractivity contribution >= 4 is 22.3 Å². The summed E-state index contributed by atoms with van der Waals surface area (Å²) in [7, 11) is 1.91. The average Bonchev–Trinajstić information content (AvgIpc) is 2.37. The molecule has 0 bridgehead atoms. The van der Waals surface area contributed by atoms with E-state index < -0.39 is 0 Å². The maximum absolute atomic E-state index is 5.99. The monoisotopic (exact) mass is 229 g/mol. The van der Waals surface area contributed by atoms with Crippen molar-refractivity contribution in [2.75, 3.05) is 18.1 Å². The van der Waals surface area contributed by atoms with Crippen LogP contribution in [0.25, 0.3) is 10.9 Å². The van der Waals surface area contributed by atoms with Crippen molar-refractivity contribution < 1.29 is 0 Å². The van der Waals surface area contributed by atoms with Gasteiger partial charge in [-0.25, -0.2) is 0 Å². The molecule has 3 nitrogen and oxygen atoms in total. The number of benzene rings is 1. The maximum Gasteiger partial charge on any atom is 0.0759 e. The first-order valence-electron chi connectivity index (χ1n) is 6.09. The highest BCUT2D eigenvalue weighted by molar-refractivity contribution is 6.00. The summed E-state index contributed by atoms with van der Waals surface area (Å²) in [6, 6.07) is 4.35. The lowest BCUT2D eigenvalue weighted by Gasteiger charge is -2.14. The van der Waals surface area contributed by atoms with Crippen molar-refractivity contribution in [1.82, 2.24) is 4.98 Å². The molecule has 0 fully saturated rings. The number of nitrogens with zero attached hydrogens (tertiary/aromatic N) is 1. The molecule has 0 atom stereocenters. The number of fused-ring (bicyclic) bond motifs is 1.